The number of thiophene rings is 1. The maximum atomic E-state index is 13.0. The molecule has 2 aromatic carbocycles. The van der Waals surface area contributed by atoms with Crippen molar-refractivity contribution in [1.82, 2.24) is 9.97 Å². The van der Waals surface area contributed by atoms with Crippen molar-refractivity contribution >= 4 is 44.9 Å². The summed E-state index contributed by atoms with van der Waals surface area (Å²) >= 11 is 2.73. The molecule has 1 aliphatic rings. The lowest BCUT2D eigenvalue weighted by Gasteiger charge is -2.16. The number of nitrogens with zero attached hydrogens (tertiary/aromatic N) is 1. The number of nitrogens with one attached hydrogen (secondary N) is 2. The van der Waals surface area contributed by atoms with Gasteiger partial charge < -0.3 is 10.3 Å². The largest absolute Gasteiger partial charge is 0.325 e. The molecule has 5 rings (SSSR count). The first-order chi connectivity index (χ1) is 16.5. The molecule has 2 heterocycles. The van der Waals surface area contributed by atoms with E-state index in [0.717, 1.165) is 36.1 Å². The summed E-state index contributed by atoms with van der Waals surface area (Å²) in [5.41, 5.74) is 6.64. The van der Waals surface area contributed by atoms with E-state index in [-0.39, 0.29) is 11.5 Å². The summed E-state index contributed by atoms with van der Waals surface area (Å²) in [5.74, 6) is -0.127. The van der Waals surface area contributed by atoms with Gasteiger partial charge in [0.25, 0.3) is 5.56 Å². The molecule has 7 heteroatoms. The lowest BCUT2D eigenvalue weighted by molar-refractivity contribution is -0.115. The molecule has 0 saturated carbocycles. The minimum Gasteiger partial charge on any atom is -0.325 e. The average Bonchev–Trinajstić information content (AvgIpc) is 3.29. The third kappa shape index (κ3) is 4.68. The maximum Gasteiger partial charge on any atom is 0.260 e. The van der Waals surface area contributed by atoms with E-state index in [9.17, 15) is 9.59 Å². The highest BCUT2D eigenvalue weighted by Gasteiger charge is 2.19. The van der Waals surface area contributed by atoms with Crippen molar-refractivity contribution in [1.29, 1.82) is 0 Å². The summed E-state index contributed by atoms with van der Waals surface area (Å²) in [6, 6.07) is 14.4. The van der Waals surface area contributed by atoms with Crippen molar-refractivity contribution in [3.8, 4) is 11.1 Å². The van der Waals surface area contributed by atoms with Crippen LogP contribution in [0.1, 0.15) is 43.4 Å². The SMILES string of the molecule is CCc1ccc(NC(=O)C(C)Sc2nc3scc(-c4ccc5c(c4)CCCC5)c3c(=O)[nH]2)cc1. The Labute approximate surface area is 207 Å². The molecular formula is C27H27N3O2S2. The van der Waals surface area contributed by atoms with Crippen molar-refractivity contribution in [2.45, 2.75) is 56.4 Å². The third-order valence-corrected chi connectivity index (χ3v) is 8.23. The number of benzene rings is 2. The molecule has 34 heavy (non-hydrogen) atoms. The quantitative estimate of drug-likeness (QED) is 0.249. The highest BCUT2D eigenvalue weighted by atomic mass is 32.2. The smallest absolute Gasteiger partial charge is 0.260 e. The van der Waals surface area contributed by atoms with Crippen LogP contribution >= 0.6 is 23.1 Å². The number of thioether (sulfide) groups is 1. The molecule has 0 spiro atoms. The second-order valence-corrected chi connectivity index (χ2v) is 10.9. The zero-order chi connectivity index (χ0) is 23.7. The van der Waals surface area contributed by atoms with Gasteiger partial charge in [-0.25, -0.2) is 4.98 Å². The lowest BCUT2D eigenvalue weighted by Crippen LogP contribution is -2.23. The number of amides is 1. The van der Waals surface area contributed by atoms with Gasteiger partial charge in [0.2, 0.25) is 5.91 Å². The summed E-state index contributed by atoms with van der Waals surface area (Å²) in [6.45, 7) is 3.91. The van der Waals surface area contributed by atoms with Gasteiger partial charge >= 0.3 is 0 Å². The Balaban J connectivity index is 1.35. The van der Waals surface area contributed by atoms with E-state index in [0.29, 0.717) is 15.4 Å². The van der Waals surface area contributed by atoms with Gasteiger partial charge in [-0.2, -0.15) is 0 Å². The van der Waals surface area contributed by atoms with Crippen LogP contribution in [0.3, 0.4) is 0 Å². The topological polar surface area (TPSA) is 74.8 Å². The Morgan fingerprint density at radius 2 is 1.91 bits per heavy atom. The molecule has 0 radical (unpaired) electrons. The van der Waals surface area contributed by atoms with Gasteiger partial charge in [-0.3, -0.25) is 9.59 Å². The number of hydrogen-bond acceptors (Lipinski definition) is 5. The first kappa shape index (κ1) is 22.9. The number of rotatable bonds is 6. The molecular weight excluding hydrogens is 462 g/mol. The van der Waals surface area contributed by atoms with Crippen molar-refractivity contribution in [3.05, 3.63) is 74.9 Å². The van der Waals surface area contributed by atoms with Crippen LogP contribution in [0.4, 0.5) is 5.69 Å². The van der Waals surface area contributed by atoms with Crippen LogP contribution in [0.15, 0.2) is 57.8 Å². The summed E-state index contributed by atoms with van der Waals surface area (Å²) in [4.78, 5) is 34.0. The lowest BCUT2D eigenvalue weighted by atomic mass is 9.89. The van der Waals surface area contributed by atoms with Crippen molar-refractivity contribution in [2.24, 2.45) is 0 Å². The van der Waals surface area contributed by atoms with E-state index in [2.05, 4.69) is 40.4 Å². The number of aryl methyl sites for hydroxylation is 3. The van der Waals surface area contributed by atoms with Gasteiger partial charge in [-0.05, 0) is 73.4 Å². The number of aromatic amines is 1. The standard InChI is InChI=1S/C27H27N3O2S2/c1-3-17-8-12-21(13-9-17)28-24(31)16(2)34-27-29-25(32)23-22(15-33-26(23)30-27)20-11-10-18-6-4-5-7-19(18)14-20/h8-16H,3-7H2,1-2H3,(H,28,31)(H,29,30,32). The third-order valence-electron chi connectivity index (χ3n) is 6.37. The fraction of sp³-hybridized carbons (Fsp3) is 0.296. The molecule has 1 unspecified atom stereocenters. The molecule has 2 aromatic heterocycles. The summed E-state index contributed by atoms with van der Waals surface area (Å²) < 4.78 is 0. The number of carbonyl (C=O) groups excluding carboxylic acids is 1. The Kier molecular flexibility index (Phi) is 6.57. The number of hydrogen-bond donors (Lipinski definition) is 2. The van der Waals surface area contributed by atoms with Gasteiger partial charge in [0.1, 0.15) is 4.83 Å². The van der Waals surface area contributed by atoms with E-state index >= 15 is 0 Å². The van der Waals surface area contributed by atoms with Crippen LogP contribution in [0.2, 0.25) is 0 Å². The molecule has 0 fully saturated rings. The summed E-state index contributed by atoms with van der Waals surface area (Å²) in [5, 5.41) is 5.63. The molecule has 0 saturated heterocycles. The van der Waals surface area contributed by atoms with Crippen LogP contribution in [0.25, 0.3) is 21.3 Å². The minimum atomic E-state index is -0.411. The number of anilines is 1. The highest BCUT2D eigenvalue weighted by Crippen LogP contribution is 2.34. The number of carbonyl (C=O) groups is 1. The number of fused-ring (bicyclic) bond motifs is 2. The fourth-order valence-electron chi connectivity index (χ4n) is 4.39. The molecule has 5 nitrogen and oxygen atoms in total. The Hall–Kier alpha value is -2.90. The molecule has 1 aliphatic carbocycles. The number of H-pyrrole nitrogens is 1. The molecule has 1 atom stereocenters. The zero-order valence-electron chi connectivity index (χ0n) is 19.3. The maximum absolute atomic E-state index is 13.0. The van der Waals surface area contributed by atoms with Crippen LogP contribution < -0.4 is 10.9 Å². The second-order valence-electron chi connectivity index (χ2n) is 8.69. The minimum absolute atomic E-state index is 0.127. The average molecular weight is 490 g/mol. The van der Waals surface area contributed by atoms with Gasteiger partial charge in [0.05, 0.1) is 10.6 Å². The van der Waals surface area contributed by atoms with Gasteiger partial charge in [-0.1, -0.05) is 49.0 Å². The van der Waals surface area contributed by atoms with Gasteiger partial charge in [-0.15, -0.1) is 11.3 Å². The molecule has 1 amide bonds. The van der Waals surface area contributed by atoms with Gasteiger partial charge in [0.15, 0.2) is 5.16 Å². The Morgan fingerprint density at radius 3 is 2.68 bits per heavy atom. The van der Waals surface area contributed by atoms with Crippen molar-refractivity contribution in [2.75, 3.05) is 5.32 Å². The Morgan fingerprint density at radius 1 is 1.15 bits per heavy atom. The molecule has 2 N–H and O–H groups in total. The summed E-state index contributed by atoms with van der Waals surface area (Å²) in [7, 11) is 0. The predicted octanol–water partition coefficient (Wildman–Crippen LogP) is 6.21. The van der Waals surface area contributed by atoms with E-state index < -0.39 is 5.25 Å². The van der Waals surface area contributed by atoms with Crippen LogP contribution in [0.5, 0.6) is 0 Å². The van der Waals surface area contributed by atoms with Crippen LogP contribution in [0, 0.1) is 0 Å². The second kappa shape index (κ2) is 9.76. The van der Waals surface area contributed by atoms with Crippen molar-refractivity contribution < 1.29 is 4.79 Å². The normalized spacial score (nSPS) is 14.1. The van der Waals surface area contributed by atoms with E-state index in [4.69, 9.17) is 0 Å². The summed E-state index contributed by atoms with van der Waals surface area (Å²) in [6.07, 6.45) is 5.67. The molecule has 0 bridgehead atoms. The van der Waals surface area contributed by atoms with Crippen molar-refractivity contribution in [3.63, 3.8) is 0 Å². The molecule has 4 aromatic rings. The van der Waals surface area contributed by atoms with Crippen LogP contribution in [-0.4, -0.2) is 21.1 Å². The molecule has 0 aliphatic heterocycles. The van der Waals surface area contributed by atoms with E-state index in [1.807, 2.05) is 36.6 Å². The van der Waals surface area contributed by atoms with E-state index in [1.165, 1.54) is 52.6 Å². The first-order valence-corrected chi connectivity index (χ1v) is 13.5. The van der Waals surface area contributed by atoms with Gasteiger partial charge in [0, 0.05) is 16.6 Å². The van der Waals surface area contributed by atoms with E-state index in [1.54, 1.807) is 0 Å². The van der Waals surface area contributed by atoms with Crippen LogP contribution in [-0.2, 0) is 24.1 Å². The zero-order valence-corrected chi connectivity index (χ0v) is 20.9. The molecule has 174 valence electrons. The first-order valence-electron chi connectivity index (χ1n) is 11.7. The predicted molar refractivity (Wildman–Crippen MR) is 142 cm³/mol. The Bertz CT molecular complexity index is 1410. The monoisotopic (exact) mass is 489 g/mol. The fourth-order valence-corrected chi connectivity index (χ4v) is 6.19. The number of aromatic nitrogens is 2. The highest BCUT2D eigenvalue weighted by molar-refractivity contribution is 8.00.